The molecule has 33 heavy (non-hydrogen) atoms. The number of benzene rings is 2. The fraction of sp³-hybridized carbons (Fsp3) is 0.517. The molecule has 3 aliphatic rings. The number of unbranched alkanes of at least 4 members (excludes halogenated alkanes) is 2. The normalized spacial score (nSPS) is 25.6. The second kappa shape index (κ2) is 10.8. The van der Waals surface area contributed by atoms with Crippen LogP contribution in [0.1, 0.15) is 67.6 Å². The molecule has 2 fully saturated rings. The molecule has 4 heteroatoms. The third-order valence-electron chi connectivity index (χ3n) is 6.90. The standard InChI is InChI=1S/C29H36O4/c1-2-3-4-5-25-16-24(12-15-29(25)33-20-28-19-32-28)23-8-6-21(7-9-23)22-10-13-26(14-11-22)30-17-27-18-31-27/h6,8,10-16,21,23,27-28H,2-5,7,9,17-20H2,1H3. The maximum absolute atomic E-state index is 6.09. The molecule has 2 saturated heterocycles. The van der Waals surface area contributed by atoms with Gasteiger partial charge in [0.05, 0.1) is 13.2 Å². The van der Waals surface area contributed by atoms with Crippen molar-refractivity contribution >= 4 is 0 Å². The van der Waals surface area contributed by atoms with Gasteiger partial charge in [-0.05, 0) is 60.6 Å². The number of allylic oxidation sites excluding steroid dienone is 2. The number of epoxide rings is 2. The van der Waals surface area contributed by atoms with E-state index in [1.165, 1.54) is 48.8 Å². The number of hydrogen-bond donors (Lipinski definition) is 0. The van der Waals surface area contributed by atoms with E-state index in [0.717, 1.165) is 31.1 Å². The first-order chi connectivity index (χ1) is 16.3. The van der Waals surface area contributed by atoms with Gasteiger partial charge in [0.2, 0.25) is 0 Å². The third kappa shape index (κ3) is 6.39. The van der Waals surface area contributed by atoms with Crippen LogP contribution in [0.2, 0.25) is 0 Å². The minimum absolute atomic E-state index is 0.291. The van der Waals surface area contributed by atoms with E-state index in [0.29, 0.717) is 37.3 Å². The molecule has 1 aliphatic carbocycles. The molecule has 2 aromatic carbocycles. The second-order valence-corrected chi connectivity index (χ2v) is 9.60. The maximum atomic E-state index is 6.09. The van der Waals surface area contributed by atoms with Crippen LogP contribution in [0.5, 0.6) is 11.5 Å². The summed E-state index contributed by atoms with van der Waals surface area (Å²) in [6.45, 7) is 5.25. The first-order valence-corrected chi connectivity index (χ1v) is 12.7. The molecule has 2 aromatic rings. The Kier molecular flexibility index (Phi) is 7.33. The number of hydrogen-bond acceptors (Lipinski definition) is 4. The van der Waals surface area contributed by atoms with E-state index < -0.39 is 0 Å². The lowest BCUT2D eigenvalue weighted by Gasteiger charge is -2.24. The average molecular weight is 449 g/mol. The van der Waals surface area contributed by atoms with Gasteiger partial charge >= 0.3 is 0 Å². The zero-order chi connectivity index (χ0) is 22.5. The van der Waals surface area contributed by atoms with E-state index in [2.05, 4.69) is 61.5 Å². The lowest BCUT2D eigenvalue weighted by atomic mass is 9.81. The Bertz CT molecular complexity index is 927. The average Bonchev–Trinajstić information content (AvgIpc) is 3.78. The summed E-state index contributed by atoms with van der Waals surface area (Å²) in [5.74, 6) is 2.93. The van der Waals surface area contributed by atoms with Crippen molar-refractivity contribution in [1.29, 1.82) is 0 Å². The van der Waals surface area contributed by atoms with E-state index in [1.807, 2.05) is 0 Å². The van der Waals surface area contributed by atoms with E-state index in [9.17, 15) is 0 Å². The molecule has 0 saturated carbocycles. The zero-order valence-corrected chi connectivity index (χ0v) is 19.7. The van der Waals surface area contributed by atoms with Gasteiger partial charge in [-0.3, -0.25) is 0 Å². The summed E-state index contributed by atoms with van der Waals surface area (Å²) in [6.07, 6.45) is 12.5. The van der Waals surface area contributed by atoms with Crippen LogP contribution in [0.3, 0.4) is 0 Å². The molecule has 4 nitrogen and oxygen atoms in total. The fourth-order valence-electron chi connectivity index (χ4n) is 4.62. The Hall–Kier alpha value is -2.30. The lowest BCUT2D eigenvalue weighted by Crippen LogP contribution is -2.09. The molecule has 5 rings (SSSR count). The Morgan fingerprint density at radius 3 is 2.06 bits per heavy atom. The summed E-state index contributed by atoms with van der Waals surface area (Å²) in [6, 6.07) is 15.4. The van der Waals surface area contributed by atoms with Crippen molar-refractivity contribution in [3.8, 4) is 11.5 Å². The topological polar surface area (TPSA) is 43.5 Å². The van der Waals surface area contributed by atoms with E-state index in [-0.39, 0.29) is 0 Å². The molecule has 2 aliphatic heterocycles. The second-order valence-electron chi connectivity index (χ2n) is 9.60. The Balaban J connectivity index is 1.21. The number of aryl methyl sites for hydroxylation is 1. The predicted molar refractivity (Wildman–Crippen MR) is 130 cm³/mol. The van der Waals surface area contributed by atoms with Gasteiger partial charge in [-0.2, -0.15) is 0 Å². The summed E-state index contributed by atoms with van der Waals surface area (Å²) >= 11 is 0. The van der Waals surface area contributed by atoms with Gasteiger partial charge < -0.3 is 18.9 Å². The van der Waals surface area contributed by atoms with Crippen molar-refractivity contribution in [2.24, 2.45) is 0 Å². The molecule has 4 unspecified atom stereocenters. The summed E-state index contributed by atoms with van der Waals surface area (Å²) in [5, 5.41) is 0. The Labute approximate surface area is 197 Å². The zero-order valence-electron chi connectivity index (χ0n) is 19.7. The maximum Gasteiger partial charge on any atom is 0.122 e. The van der Waals surface area contributed by atoms with E-state index >= 15 is 0 Å². The van der Waals surface area contributed by atoms with Gasteiger partial charge in [0.1, 0.15) is 36.9 Å². The summed E-state index contributed by atoms with van der Waals surface area (Å²) in [5.41, 5.74) is 4.13. The van der Waals surface area contributed by atoms with Crippen molar-refractivity contribution in [3.63, 3.8) is 0 Å². The molecule has 0 spiro atoms. The van der Waals surface area contributed by atoms with Crippen molar-refractivity contribution < 1.29 is 18.9 Å². The highest BCUT2D eigenvalue weighted by Crippen LogP contribution is 2.37. The van der Waals surface area contributed by atoms with Crippen molar-refractivity contribution in [2.45, 2.75) is 69.5 Å². The molecule has 0 amide bonds. The highest BCUT2D eigenvalue weighted by molar-refractivity contribution is 5.41. The molecule has 4 atom stereocenters. The highest BCUT2D eigenvalue weighted by Gasteiger charge is 2.25. The Morgan fingerprint density at radius 1 is 0.788 bits per heavy atom. The minimum Gasteiger partial charge on any atom is -0.491 e. The molecule has 0 bridgehead atoms. The van der Waals surface area contributed by atoms with Crippen LogP contribution in [-0.2, 0) is 15.9 Å². The van der Waals surface area contributed by atoms with E-state index in [1.54, 1.807) is 0 Å². The molecular weight excluding hydrogens is 412 g/mol. The highest BCUT2D eigenvalue weighted by atomic mass is 16.6. The van der Waals surface area contributed by atoms with Crippen LogP contribution in [0.15, 0.2) is 54.6 Å². The van der Waals surface area contributed by atoms with Crippen molar-refractivity contribution in [2.75, 3.05) is 26.4 Å². The fourth-order valence-corrected chi connectivity index (χ4v) is 4.62. The summed E-state index contributed by atoms with van der Waals surface area (Å²) in [7, 11) is 0. The summed E-state index contributed by atoms with van der Waals surface area (Å²) < 4.78 is 22.4. The van der Waals surface area contributed by atoms with Gasteiger partial charge in [-0.1, -0.05) is 56.2 Å². The molecule has 0 radical (unpaired) electrons. The summed E-state index contributed by atoms with van der Waals surface area (Å²) in [4.78, 5) is 0. The van der Waals surface area contributed by atoms with Crippen LogP contribution in [0.4, 0.5) is 0 Å². The van der Waals surface area contributed by atoms with Crippen LogP contribution in [-0.4, -0.2) is 38.6 Å². The molecular formula is C29H36O4. The van der Waals surface area contributed by atoms with Crippen LogP contribution in [0, 0.1) is 0 Å². The predicted octanol–water partition coefficient (Wildman–Crippen LogP) is 6.19. The third-order valence-corrected chi connectivity index (χ3v) is 6.90. The molecule has 2 heterocycles. The largest absolute Gasteiger partial charge is 0.491 e. The van der Waals surface area contributed by atoms with E-state index in [4.69, 9.17) is 18.9 Å². The van der Waals surface area contributed by atoms with Crippen LogP contribution in [0.25, 0.3) is 0 Å². The molecule has 0 N–H and O–H groups in total. The van der Waals surface area contributed by atoms with Crippen molar-refractivity contribution in [1.82, 2.24) is 0 Å². The monoisotopic (exact) mass is 448 g/mol. The molecule has 176 valence electrons. The van der Waals surface area contributed by atoms with Gasteiger partial charge in [0.25, 0.3) is 0 Å². The van der Waals surface area contributed by atoms with Crippen LogP contribution < -0.4 is 9.47 Å². The number of ether oxygens (including phenoxy) is 4. The number of rotatable bonds is 12. The first-order valence-electron chi connectivity index (χ1n) is 12.7. The first kappa shape index (κ1) is 22.5. The van der Waals surface area contributed by atoms with Gasteiger partial charge in [-0.25, -0.2) is 0 Å². The Morgan fingerprint density at radius 2 is 1.42 bits per heavy atom. The quantitative estimate of drug-likeness (QED) is 0.221. The van der Waals surface area contributed by atoms with Gasteiger partial charge in [0, 0.05) is 11.8 Å². The van der Waals surface area contributed by atoms with Crippen molar-refractivity contribution in [3.05, 3.63) is 71.3 Å². The van der Waals surface area contributed by atoms with Gasteiger partial charge in [0.15, 0.2) is 0 Å². The minimum atomic E-state index is 0.291. The molecule has 0 aromatic heterocycles. The van der Waals surface area contributed by atoms with Gasteiger partial charge in [-0.15, -0.1) is 0 Å². The van der Waals surface area contributed by atoms with Crippen LogP contribution >= 0.6 is 0 Å². The lowest BCUT2D eigenvalue weighted by molar-refractivity contribution is 0.261. The SMILES string of the molecule is CCCCCc1cc(C2C=CC(c3ccc(OCC4CO4)cc3)CC2)ccc1OCC1CO1. The smallest absolute Gasteiger partial charge is 0.122 e.